The summed E-state index contributed by atoms with van der Waals surface area (Å²) in [6, 6.07) is 0. The first-order valence-corrected chi connectivity index (χ1v) is 12.5. The Morgan fingerprint density at radius 3 is 1.63 bits per heavy atom. The van der Waals surface area contributed by atoms with Gasteiger partial charge in [0, 0.05) is 0 Å². The van der Waals surface area contributed by atoms with Crippen LogP contribution in [0.1, 0.15) is 98.3 Å². The molecule has 1 unspecified atom stereocenters. The molecule has 3 N–H and O–H groups in total. The highest BCUT2D eigenvalue weighted by Crippen LogP contribution is 2.43. The van der Waals surface area contributed by atoms with Gasteiger partial charge in [0.15, 0.2) is 5.66 Å². The number of unbranched alkanes of at least 4 members (excludes halogenated alkanes) is 9. The molecule has 0 aliphatic carbocycles. The van der Waals surface area contributed by atoms with Crippen molar-refractivity contribution >= 4 is 13.6 Å². The van der Waals surface area contributed by atoms with Gasteiger partial charge in [-0.25, -0.2) is 0 Å². The second-order valence-corrected chi connectivity index (χ2v) is 8.62. The molecule has 1 atom stereocenters. The number of hydrogen-bond acceptors (Lipinski definition) is 4. The summed E-state index contributed by atoms with van der Waals surface area (Å²) >= 11 is 0. The highest BCUT2D eigenvalue weighted by molar-refractivity contribution is 7.53. The summed E-state index contributed by atoms with van der Waals surface area (Å²) in [6.07, 6.45) is 12.0. The van der Waals surface area contributed by atoms with Crippen molar-refractivity contribution in [2.24, 2.45) is 0 Å². The van der Waals surface area contributed by atoms with Crippen LogP contribution in [0.25, 0.3) is 0 Å². The average Bonchev–Trinajstić information content (AvgIpc) is 2.60. The van der Waals surface area contributed by atoms with Crippen molar-refractivity contribution in [2.45, 2.75) is 104 Å². The van der Waals surface area contributed by atoms with Gasteiger partial charge in [-0.15, -0.1) is 0 Å². The minimum Gasteiger partial charge on any atom is -0.465 e. The molecule has 164 valence electrons. The molecule has 0 bridgehead atoms. The van der Waals surface area contributed by atoms with Crippen LogP contribution in [0.2, 0.25) is 0 Å². The summed E-state index contributed by atoms with van der Waals surface area (Å²) < 4.78 is 16.1. The molecule has 6 nitrogen and oxygen atoms in total. The van der Waals surface area contributed by atoms with Gasteiger partial charge in [-0.05, 0) is 25.9 Å². The van der Waals surface area contributed by atoms with Crippen molar-refractivity contribution in [2.75, 3.05) is 19.7 Å². The molecule has 0 aromatic carbocycles. The third kappa shape index (κ3) is 20.1. The van der Waals surface area contributed by atoms with Gasteiger partial charge in [-0.2, -0.15) is 0 Å². The monoisotopic (exact) mass is 409 g/mol. The second-order valence-electron chi connectivity index (χ2n) is 6.82. The van der Waals surface area contributed by atoms with E-state index in [4.69, 9.17) is 14.5 Å². The first-order valence-electron chi connectivity index (χ1n) is 10.8. The maximum atomic E-state index is 11.6. The first kappa shape index (κ1) is 28.8. The van der Waals surface area contributed by atoms with Gasteiger partial charge in [0.05, 0.1) is 6.61 Å². The highest BCUT2D eigenvalue weighted by Gasteiger charge is 2.35. The van der Waals surface area contributed by atoms with Crippen LogP contribution in [-0.2, 0) is 14.1 Å². The van der Waals surface area contributed by atoms with Crippen molar-refractivity contribution < 1.29 is 23.9 Å². The lowest BCUT2D eigenvalue weighted by Gasteiger charge is -2.15. The van der Waals surface area contributed by atoms with Gasteiger partial charge >= 0.3 is 13.6 Å². The topological polar surface area (TPSA) is 95.9 Å². The van der Waals surface area contributed by atoms with Crippen LogP contribution in [0.15, 0.2) is 0 Å². The Balaban J connectivity index is 0. The van der Waals surface area contributed by atoms with E-state index >= 15 is 0 Å². The van der Waals surface area contributed by atoms with Crippen molar-refractivity contribution in [1.82, 2.24) is 5.32 Å². The van der Waals surface area contributed by atoms with Crippen molar-refractivity contribution in [3.05, 3.63) is 0 Å². The number of nitrogens with one attached hydrogen (secondary N) is 1. The Hall–Kier alpha value is -0.420. The van der Waals surface area contributed by atoms with Crippen LogP contribution >= 0.6 is 7.60 Å². The smallest absolute Gasteiger partial charge is 0.339 e. The maximum Gasteiger partial charge on any atom is 0.339 e. The van der Waals surface area contributed by atoms with Crippen molar-refractivity contribution in [1.29, 1.82) is 0 Å². The summed E-state index contributed by atoms with van der Waals surface area (Å²) in [5.74, 6) is -0.772. The molecule has 0 saturated heterocycles. The van der Waals surface area contributed by atoms with E-state index in [-0.39, 0.29) is 13.0 Å². The molecule has 0 saturated carbocycles. The largest absolute Gasteiger partial charge is 0.465 e. The van der Waals surface area contributed by atoms with Gasteiger partial charge < -0.3 is 19.8 Å². The number of esters is 1. The number of carbonyl (C=O) groups is 1. The Labute approximate surface area is 167 Å². The lowest BCUT2D eigenvalue weighted by Crippen LogP contribution is -2.23. The van der Waals surface area contributed by atoms with E-state index in [2.05, 4.69) is 26.1 Å². The summed E-state index contributed by atoms with van der Waals surface area (Å²) in [5, 5.41) is 3.11. The van der Waals surface area contributed by atoms with Crippen LogP contribution < -0.4 is 5.32 Å². The molecule has 0 heterocycles. The molecule has 7 heteroatoms. The van der Waals surface area contributed by atoms with E-state index < -0.39 is 19.2 Å². The van der Waals surface area contributed by atoms with Gasteiger partial charge in [0.2, 0.25) is 0 Å². The Kier molecular flexibility index (Phi) is 21.7. The van der Waals surface area contributed by atoms with Crippen molar-refractivity contribution in [3.63, 3.8) is 0 Å². The van der Waals surface area contributed by atoms with E-state index in [1.165, 1.54) is 44.9 Å². The van der Waals surface area contributed by atoms with E-state index in [1.54, 1.807) is 6.92 Å². The van der Waals surface area contributed by atoms with Gasteiger partial charge in [0.1, 0.15) is 0 Å². The van der Waals surface area contributed by atoms with Crippen molar-refractivity contribution in [3.8, 4) is 0 Å². The molecule has 0 fully saturated rings. The predicted octanol–water partition coefficient (Wildman–Crippen LogP) is 5.02. The van der Waals surface area contributed by atoms with E-state index in [1.807, 2.05) is 0 Å². The third-order valence-corrected chi connectivity index (χ3v) is 5.69. The lowest BCUT2D eigenvalue weighted by molar-refractivity contribution is -0.143. The fraction of sp³-hybridized carbons (Fsp3) is 0.950. The molecule has 0 amide bonds. The van der Waals surface area contributed by atoms with Gasteiger partial charge in [-0.3, -0.25) is 9.36 Å². The maximum absolute atomic E-state index is 11.6. The highest BCUT2D eigenvalue weighted by atomic mass is 31.2. The van der Waals surface area contributed by atoms with Crippen LogP contribution in [0, 0.1) is 0 Å². The SMILES string of the molecule is CCCCCCCCCCCCOC(=O)C(CC)P(=O)(O)O.CCNCC. The minimum absolute atomic E-state index is 0.0984. The molecule has 0 aromatic rings. The number of rotatable bonds is 16. The molecular weight excluding hydrogens is 365 g/mol. The Morgan fingerprint density at radius 2 is 1.30 bits per heavy atom. The lowest BCUT2D eigenvalue weighted by atomic mass is 10.1. The molecule has 27 heavy (non-hydrogen) atoms. The molecule has 0 rings (SSSR count). The second kappa shape index (κ2) is 20.3. The number of carbonyl (C=O) groups excluding carboxylic acids is 1. The molecule has 0 aromatic heterocycles. The fourth-order valence-electron chi connectivity index (χ4n) is 2.65. The first-order chi connectivity index (χ1) is 12.8. The summed E-state index contributed by atoms with van der Waals surface area (Å²) in [6.45, 7) is 10.4. The predicted molar refractivity (Wildman–Crippen MR) is 113 cm³/mol. The normalized spacial score (nSPS) is 12.2. The Morgan fingerprint density at radius 1 is 0.852 bits per heavy atom. The summed E-state index contributed by atoms with van der Waals surface area (Å²) in [5.41, 5.74) is -1.31. The third-order valence-electron chi connectivity index (χ3n) is 4.31. The van der Waals surface area contributed by atoms with Gasteiger partial charge in [-0.1, -0.05) is 85.5 Å². The van der Waals surface area contributed by atoms with E-state index in [0.717, 1.165) is 32.4 Å². The average molecular weight is 410 g/mol. The summed E-state index contributed by atoms with van der Waals surface area (Å²) in [7, 11) is -4.39. The Bertz CT molecular complexity index is 371. The standard InChI is InChI=1S/C16H33O5P.C4H11N/c1-3-5-6-7-8-9-10-11-12-13-14-21-16(17)15(4-2)22(18,19)20;1-3-5-4-2/h15H,3-14H2,1-2H3,(H2,18,19,20);5H,3-4H2,1-2H3. The number of hydrogen-bond donors (Lipinski definition) is 3. The van der Waals surface area contributed by atoms with E-state index in [0.29, 0.717) is 0 Å². The van der Waals surface area contributed by atoms with Crippen LogP contribution in [-0.4, -0.2) is 41.1 Å². The summed E-state index contributed by atoms with van der Waals surface area (Å²) in [4.78, 5) is 29.6. The molecule has 0 spiro atoms. The minimum atomic E-state index is -4.39. The molecular formula is C20H44NO5P. The molecule has 0 radical (unpaired) electrons. The zero-order chi connectivity index (χ0) is 21.0. The number of ether oxygens (including phenoxy) is 1. The molecule has 0 aliphatic heterocycles. The zero-order valence-corrected chi connectivity index (χ0v) is 18.9. The van der Waals surface area contributed by atoms with Gasteiger partial charge in [0.25, 0.3) is 0 Å². The quantitative estimate of drug-likeness (QED) is 0.188. The fourth-order valence-corrected chi connectivity index (χ4v) is 3.48. The van der Waals surface area contributed by atoms with Crippen LogP contribution in [0.3, 0.4) is 0 Å². The molecule has 0 aliphatic rings. The van der Waals surface area contributed by atoms with Crippen LogP contribution in [0.5, 0.6) is 0 Å². The zero-order valence-electron chi connectivity index (χ0n) is 18.0. The van der Waals surface area contributed by atoms with Crippen LogP contribution in [0.4, 0.5) is 0 Å². The van der Waals surface area contributed by atoms with E-state index in [9.17, 15) is 9.36 Å².